The van der Waals surface area contributed by atoms with E-state index < -0.39 is 10.0 Å². The fourth-order valence-electron chi connectivity index (χ4n) is 2.54. The normalized spacial score (nSPS) is 14.9. The van der Waals surface area contributed by atoms with E-state index in [0.717, 1.165) is 11.3 Å². The van der Waals surface area contributed by atoms with E-state index in [0.29, 0.717) is 12.2 Å². The molecule has 0 amide bonds. The van der Waals surface area contributed by atoms with E-state index in [2.05, 4.69) is 9.50 Å². The van der Waals surface area contributed by atoms with Gasteiger partial charge in [0.05, 0.1) is 26.0 Å². The lowest BCUT2D eigenvalue weighted by molar-refractivity contribution is 0.254. The first kappa shape index (κ1) is 18.1. The second kappa shape index (κ2) is 7.67. The van der Waals surface area contributed by atoms with Crippen molar-refractivity contribution >= 4 is 22.1 Å². The summed E-state index contributed by atoms with van der Waals surface area (Å²) in [5.74, 6) is 0.967. The Morgan fingerprint density at radius 3 is 2.62 bits per heavy atom. The Morgan fingerprint density at radius 1 is 1.19 bits per heavy atom. The zero-order chi connectivity index (χ0) is 18.6. The second-order valence-corrected chi connectivity index (χ2v) is 7.05. The van der Waals surface area contributed by atoms with Gasteiger partial charge in [-0.15, -0.1) is 4.40 Å². The Balaban J connectivity index is 1.88. The molecule has 1 N–H and O–H groups in total. The van der Waals surface area contributed by atoms with Crippen LogP contribution in [0, 0.1) is 0 Å². The largest absolute Gasteiger partial charge is 0.494 e. The van der Waals surface area contributed by atoms with Crippen LogP contribution in [0.2, 0.25) is 0 Å². The second-order valence-electron chi connectivity index (χ2n) is 5.48. The van der Waals surface area contributed by atoms with E-state index in [1.807, 2.05) is 31.2 Å². The molecular formula is C18H19N3O4S. The summed E-state index contributed by atoms with van der Waals surface area (Å²) in [6, 6.07) is 13.9. The minimum atomic E-state index is -3.74. The molecular weight excluding hydrogens is 354 g/mol. The molecule has 136 valence electrons. The summed E-state index contributed by atoms with van der Waals surface area (Å²) < 4.78 is 33.6. The highest BCUT2D eigenvalue weighted by molar-refractivity contribution is 7.90. The Bertz CT molecular complexity index is 937. The zero-order valence-electron chi connectivity index (χ0n) is 14.2. The molecule has 1 aliphatic rings. The summed E-state index contributed by atoms with van der Waals surface area (Å²) in [5.41, 5.74) is 1.29. The average molecular weight is 373 g/mol. The molecule has 0 saturated carbocycles. The van der Waals surface area contributed by atoms with E-state index in [-0.39, 0.29) is 23.9 Å². The lowest BCUT2D eigenvalue weighted by Gasteiger charge is -2.17. The minimum Gasteiger partial charge on any atom is -0.494 e. The number of fused-ring (bicyclic) bond motifs is 1. The number of amidine groups is 1. The Hall–Kier alpha value is -2.71. The SMILES string of the molecule is CCOc1ccc(C=NN(CCO)C2=NS(=O)(=O)c3ccccc32)cc1. The Kier molecular flexibility index (Phi) is 5.34. The van der Waals surface area contributed by atoms with Gasteiger partial charge in [-0.1, -0.05) is 12.1 Å². The van der Waals surface area contributed by atoms with Gasteiger partial charge in [-0.05, 0) is 48.9 Å². The maximum absolute atomic E-state index is 12.2. The van der Waals surface area contributed by atoms with Gasteiger partial charge in [-0.3, -0.25) is 0 Å². The lowest BCUT2D eigenvalue weighted by atomic mass is 10.2. The highest BCUT2D eigenvalue weighted by atomic mass is 32.2. The van der Waals surface area contributed by atoms with Crippen LogP contribution in [0.3, 0.4) is 0 Å². The third-order valence-corrected chi connectivity index (χ3v) is 5.03. The summed E-state index contributed by atoms with van der Waals surface area (Å²) in [6.45, 7) is 2.43. The summed E-state index contributed by atoms with van der Waals surface area (Å²) in [4.78, 5) is 0.147. The third kappa shape index (κ3) is 3.76. The van der Waals surface area contributed by atoms with Gasteiger partial charge in [-0.2, -0.15) is 13.5 Å². The topological polar surface area (TPSA) is 91.6 Å². The van der Waals surface area contributed by atoms with Crippen molar-refractivity contribution in [2.75, 3.05) is 19.8 Å². The average Bonchev–Trinajstić information content (AvgIpc) is 2.92. The van der Waals surface area contributed by atoms with Gasteiger partial charge in [0.25, 0.3) is 10.0 Å². The monoisotopic (exact) mass is 373 g/mol. The summed E-state index contributed by atoms with van der Waals surface area (Å²) >= 11 is 0. The molecule has 7 nitrogen and oxygen atoms in total. The van der Waals surface area contributed by atoms with Crippen LogP contribution >= 0.6 is 0 Å². The molecule has 2 aromatic carbocycles. The molecule has 0 radical (unpaired) electrons. The number of hydrogen-bond donors (Lipinski definition) is 1. The number of sulfonamides is 1. The van der Waals surface area contributed by atoms with E-state index in [9.17, 15) is 13.5 Å². The molecule has 0 saturated heterocycles. The van der Waals surface area contributed by atoms with E-state index in [4.69, 9.17) is 4.74 Å². The van der Waals surface area contributed by atoms with Crippen LogP contribution in [0.4, 0.5) is 0 Å². The molecule has 3 rings (SSSR count). The molecule has 1 aliphatic heterocycles. The molecule has 0 aliphatic carbocycles. The number of rotatable bonds is 6. The number of aliphatic hydroxyl groups is 1. The number of ether oxygens (including phenoxy) is 1. The number of hydrogen-bond acceptors (Lipinski definition) is 6. The van der Waals surface area contributed by atoms with Crippen molar-refractivity contribution in [3.05, 3.63) is 59.7 Å². The van der Waals surface area contributed by atoms with Gasteiger partial charge in [0.2, 0.25) is 0 Å². The minimum absolute atomic E-state index is 0.121. The molecule has 1 heterocycles. The maximum Gasteiger partial charge on any atom is 0.285 e. The fourth-order valence-corrected chi connectivity index (χ4v) is 3.75. The maximum atomic E-state index is 12.2. The van der Waals surface area contributed by atoms with Gasteiger partial charge in [0.15, 0.2) is 5.84 Å². The summed E-state index contributed by atoms with van der Waals surface area (Å²) in [5, 5.41) is 15.0. The van der Waals surface area contributed by atoms with E-state index in [1.165, 1.54) is 11.1 Å². The van der Waals surface area contributed by atoms with Gasteiger partial charge in [0.1, 0.15) is 10.6 Å². The fraction of sp³-hybridized carbons (Fsp3) is 0.222. The number of nitrogens with zero attached hydrogens (tertiary/aromatic N) is 3. The molecule has 0 bridgehead atoms. The van der Waals surface area contributed by atoms with Crippen molar-refractivity contribution in [3.8, 4) is 5.75 Å². The van der Waals surface area contributed by atoms with Crippen molar-refractivity contribution in [3.63, 3.8) is 0 Å². The van der Waals surface area contributed by atoms with E-state index >= 15 is 0 Å². The van der Waals surface area contributed by atoms with Crippen LogP contribution in [-0.4, -0.2) is 50.3 Å². The summed E-state index contributed by atoms with van der Waals surface area (Å²) in [6.07, 6.45) is 1.58. The van der Waals surface area contributed by atoms with Gasteiger partial charge >= 0.3 is 0 Å². The van der Waals surface area contributed by atoms with Crippen molar-refractivity contribution < 1.29 is 18.3 Å². The summed E-state index contributed by atoms with van der Waals surface area (Å²) in [7, 11) is -3.74. The van der Waals surface area contributed by atoms with Gasteiger partial charge < -0.3 is 9.84 Å². The first-order valence-corrected chi connectivity index (χ1v) is 9.59. The smallest absolute Gasteiger partial charge is 0.285 e. The predicted octanol–water partition coefficient (Wildman–Crippen LogP) is 1.86. The van der Waals surface area contributed by atoms with E-state index in [1.54, 1.807) is 24.4 Å². The molecule has 26 heavy (non-hydrogen) atoms. The molecule has 0 spiro atoms. The van der Waals surface area contributed by atoms with Crippen LogP contribution < -0.4 is 4.74 Å². The predicted molar refractivity (Wildman–Crippen MR) is 99.2 cm³/mol. The Labute approximate surface area is 152 Å². The number of aliphatic hydroxyl groups excluding tert-OH is 1. The number of hydrazone groups is 1. The molecule has 8 heteroatoms. The molecule has 0 atom stereocenters. The van der Waals surface area contributed by atoms with Crippen LogP contribution in [0.25, 0.3) is 0 Å². The molecule has 0 fully saturated rings. The van der Waals surface area contributed by atoms with Crippen LogP contribution in [0.1, 0.15) is 18.1 Å². The number of benzene rings is 2. The van der Waals surface area contributed by atoms with Crippen molar-refractivity contribution in [1.29, 1.82) is 0 Å². The van der Waals surface area contributed by atoms with Crippen molar-refractivity contribution in [2.24, 2.45) is 9.50 Å². The highest BCUT2D eigenvalue weighted by Crippen LogP contribution is 2.27. The van der Waals surface area contributed by atoms with Crippen molar-refractivity contribution in [1.82, 2.24) is 5.01 Å². The van der Waals surface area contributed by atoms with Crippen molar-refractivity contribution in [2.45, 2.75) is 11.8 Å². The third-order valence-electron chi connectivity index (χ3n) is 3.71. The van der Waals surface area contributed by atoms with Crippen LogP contribution in [0.5, 0.6) is 5.75 Å². The molecule has 2 aromatic rings. The molecule has 0 aromatic heterocycles. The Morgan fingerprint density at radius 2 is 1.92 bits per heavy atom. The quantitative estimate of drug-likeness (QED) is 0.616. The van der Waals surface area contributed by atoms with Gasteiger partial charge in [0, 0.05) is 5.56 Å². The first-order chi connectivity index (χ1) is 12.5. The zero-order valence-corrected chi connectivity index (χ0v) is 15.1. The standard InChI is InChI=1S/C18H19N3O4S/c1-2-25-15-9-7-14(8-10-15)13-19-21(11-12-22)18-16-5-3-4-6-17(16)26(23,24)20-18/h3-10,13,22H,2,11-12H2,1H3. The van der Waals surface area contributed by atoms with Crippen LogP contribution in [-0.2, 0) is 10.0 Å². The first-order valence-electron chi connectivity index (χ1n) is 8.15. The van der Waals surface area contributed by atoms with Gasteiger partial charge in [-0.25, -0.2) is 5.01 Å². The van der Waals surface area contributed by atoms with Crippen LogP contribution in [0.15, 0.2) is 62.9 Å². The highest BCUT2D eigenvalue weighted by Gasteiger charge is 2.31. The lowest BCUT2D eigenvalue weighted by Crippen LogP contribution is -2.28. The molecule has 0 unspecified atom stereocenters.